The summed E-state index contributed by atoms with van der Waals surface area (Å²) in [5, 5.41) is 0. The van der Waals surface area contributed by atoms with Gasteiger partial charge in [0.05, 0.1) is 13.2 Å². The summed E-state index contributed by atoms with van der Waals surface area (Å²) < 4.78 is 10.5. The predicted octanol–water partition coefficient (Wildman–Crippen LogP) is 3.24. The van der Waals surface area contributed by atoms with E-state index in [2.05, 4.69) is 19.7 Å². The molecule has 18 heavy (non-hydrogen) atoms. The van der Waals surface area contributed by atoms with Crippen LogP contribution in [0.1, 0.15) is 25.7 Å². The monoisotopic (exact) mass is 250 g/mol. The fraction of sp³-hybridized carbons (Fsp3) is 0.533. The van der Waals surface area contributed by atoms with Gasteiger partial charge < -0.3 is 9.47 Å². The molecule has 100 valence electrons. The topological polar surface area (TPSA) is 35.5 Å². The Kier molecular flexibility index (Phi) is 6.26. The summed E-state index contributed by atoms with van der Waals surface area (Å²) in [6, 6.07) is 0. The minimum atomic E-state index is -0.331. The van der Waals surface area contributed by atoms with E-state index in [0.717, 1.165) is 25.7 Å². The normalized spacial score (nSPS) is 22.9. The number of rotatable bonds is 7. The molecule has 0 saturated heterocycles. The van der Waals surface area contributed by atoms with E-state index in [9.17, 15) is 4.79 Å². The van der Waals surface area contributed by atoms with E-state index < -0.39 is 0 Å². The highest BCUT2D eigenvalue weighted by atomic mass is 16.5. The Morgan fingerprint density at radius 3 is 1.94 bits per heavy atom. The molecule has 0 spiro atoms. The van der Waals surface area contributed by atoms with Crippen molar-refractivity contribution in [2.75, 3.05) is 13.2 Å². The summed E-state index contributed by atoms with van der Waals surface area (Å²) in [5.74, 6) is 1.36. The summed E-state index contributed by atoms with van der Waals surface area (Å²) in [6.07, 6.45) is 7.22. The molecule has 0 atom stereocenters. The lowest BCUT2D eigenvalue weighted by atomic mass is 9.83. The zero-order valence-corrected chi connectivity index (χ0v) is 10.9. The van der Waals surface area contributed by atoms with E-state index in [1.54, 1.807) is 6.08 Å². The molecular formula is C15H22O3. The van der Waals surface area contributed by atoms with Gasteiger partial charge in [0.1, 0.15) is 5.76 Å². The van der Waals surface area contributed by atoms with Crippen molar-refractivity contribution in [2.24, 2.45) is 11.8 Å². The van der Waals surface area contributed by atoms with Crippen LogP contribution in [0.15, 0.2) is 37.6 Å². The number of esters is 1. The first-order chi connectivity index (χ1) is 8.65. The highest BCUT2D eigenvalue weighted by molar-refractivity contribution is 5.81. The summed E-state index contributed by atoms with van der Waals surface area (Å²) in [4.78, 5) is 10.9. The lowest BCUT2D eigenvalue weighted by Crippen LogP contribution is -2.22. The number of ether oxygens (including phenoxy) is 2. The van der Waals surface area contributed by atoms with Crippen LogP contribution < -0.4 is 0 Å². The van der Waals surface area contributed by atoms with Crippen molar-refractivity contribution in [3.8, 4) is 0 Å². The average molecular weight is 250 g/mol. The van der Waals surface area contributed by atoms with Crippen molar-refractivity contribution >= 4 is 5.97 Å². The first kappa shape index (κ1) is 14.6. The lowest BCUT2D eigenvalue weighted by Gasteiger charge is -2.28. The van der Waals surface area contributed by atoms with Crippen molar-refractivity contribution in [3.63, 3.8) is 0 Å². The van der Waals surface area contributed by atoms with Crippen LogP contribution in [0, 0.1) is 11.8 Å². The maximum Gasteiger partial charge on any atom is 0.330 e. The van der Waals surface area contributed by atoms with Gasteiger partial charge in [0.25, 0.3) is 0 Å². The SMILES string of the molecule is C=CC(=C)OCC1CCC(COC(=O)C=C)CC1. The molecule has 1 aliphatic rings. The molecule has 0 unspecified atom stereocenters. The molecule has 0 aromatic rings. The van der Waals surface area contributed by atoms with Crippen LogP contribution >= 0.6 is 0 Å². The summed E-state index contributed by atoms with van der Waals surface area (Å²) in [5.41, 5.74) is 0. The van der Waals surface area contributed by atoms with Crippen LogP contribution in [0.5, 0.6) is 0 Å². The molecule has 0 heterocycles. The Labute approximate surface area is 109 Å². The Morgan fingerprint density at radius 2 is 1.50 bits per heavy atom. The summed E-state index contributed by atoms with van der Waals surface area (Å²) in [6.45, 7) is 11.9. The third kappa shape index (κ3) is 5.21. The molecule has 3 heteroatoms. The lowest BCUT2D eigenvalue weighted by molar-refractivity contribution is -0.139. The zero-order chi connectivity index (χ0) is 13.4. The van der Waals surface area contributed by atoms with Gasteiger partial charge in [0.15, 0.2) is 0 Å². The largest absolute Gasteiger partial charge is 0.494 e. The smallest absolute Gasteiger partial charge is 0.330 e. The van der Waals surface area contributed by atoms with Crippen molar-refractivity contribution in [1.29, 1.82) is 0 Å². The van der Waals surface area contributed by atoms with Gasteiger partial charge in [-0.25, -0.2) is 4.79 Å². The maximum atomic E-state index is 10.9. The van der Waals surface area contributed by atoms with Crippen molar-refractivity contribution < 1.29 is 14.3 Å². The molecule has 1 fully saturated rings. The first-order valence-corrected chi connectivity index (χ1v) is 6.39. The third-order valence-electron chi connectivity index (χ3n) is 3.33. The highest BCUT2D eigenvalue weighted by Crippen LogP contribution is 2.29. The van der Waals surface area contributed by atoms with Gasteiger partial charge in [-0.15, -0.1) is 0 Å². The van der Waals surface area contributed by atoms with Crippen molar-refractivity contribution in [1.82, 2.24) is 0 Å². The molecule has 0 aromatic heterocycles. The Hall–Kier alpha value is -1.51. The van der Waals surface area contributed by atoms with E-state index in [1.807, 2.05) is 0 Å². The van der Waals surface area contributed by atoms with E-state index in [1.165, 1.54) is 6.08 Å². The molecule has 3 nitrogen and oxygen atoms in total. The zero-order valence-electron chi connectivity index (χ0n) is 10.9. The molecule has 1 rings (SSSR count). The van der Waals surface area contributed by atoms with E-state index >= 15 is 0 Å². The average Bonchev–Trinajstić information content (AvgIpc) is 2.43. The van der Waals surface area contributed by atoms with Crippen molar-refractivity contribution in [2.45, 2.75) is 25.7 Å². The van der Waals surface area contributed by atoms with Gasteiger partial charge >= 0.3 is 5.97 Å². The second-order valence-corrected chi connectivity index (χ2v) is 4.70. The van der Waals surface area contributed by atoms with Gasteiger partial charge in [-0.2, -0.15) is 0 Å². The highest BCUT2D eigenvalue weighted by Gasteiger charge is 2.22. The number of carbonyl (C=O) groups is 1. The standard InChI is InChI=1S/C15H22O3/c1-4-12(3)17-10-13-6-8-14(9-7-13)11-18-15(16)5-2/h4-5,13-14H,1-3,6-11H2. The van der Waals surface area contributed by atoms with Crippen LogP contribution in [0.3, 0.4) is 0 Å². The van der Waals surface area contributed by atoms with Gasteiger partial charge in [-0.05, 0) is 43.6 Å². The molecule has 1 saturated carbocycles. The summed E-state index contributed by atoms with van der Waals surface area (Å²) >= 11 is 0. The maximum absolute atomic E-state index is 10.9. The minimum Gasteiger partial charge on any atom is -0.494 e. The van der Waals surface area contributed by atoms with Crippen LogP contribution in [-0.2, 0) is 14.3 Å². The fourth-order valence-corrected chi connectivity index (χ4v) is 2.11. The van der Waals surface area contributed by atoms with Gasteiger partial charge in [-0.1, -0.05) is 19.7 Å². The van der Waals surface area contributed by atoms with Gasteiger partial charge in [0, 0.05) is 6.08 Å². The van der Waals surface area contributed by atoms with E-state index in [0.29, 0.717) is 30.8 Å². The van der Waals surface area contributed by atoms with Crippen molar-refractivity contribution in [3.05, 3.63) is 37.6 Å². The molecule has 0 N–H and O–H groups in total. The van der Waals surface area contributed by atoms with Crippen LogP contribution in [0.4, 0.5) is 0 Å². The molecular weight excluding hydrogens is 228 g/mol. The molecule has 0 amide bonds. The number of allylic oxidation sites excluding steroid dienone is 1. The van der Waals surface area contributed by atoms with Crippen LogP contribution in [-0.4, -0.2) is 19.2 Å². The number of hydrogen-bond donors (Lipinski definition) is 0. The molecule has 0 aromatic carbocycles. The van der Waals surface area contributed by atoms with Gasteiger partial charge in [-0.3, -0.25) is 0 Å². The Morgan fingerprint density at radius 1 is 1.00 bits per heavy atom. The molecule has 1 aliphatic carbocycles. The second kappa shape index (κ2) is 7.75. The third-order valence-corrected chi connectivity index (χ3v) is 3.33. The minimum absolute atomic E-state index is 0.331. The predicted molar refractivity (Wildman–Crippen MR) is 71.9 cm³/mol. The van der Waals surface area contributed by atoms with E-state index in [-0.39, 0.29) is 5.97 Å². The fourth-order valence-electron chi connectivity index (χ4n) is 2.11. The molecule has 0 aliphatic heterocycles. The number of hydrogen-bond acceptors (Lipinski definition) is 3. The second-order valence-electron chi connectivity index (χ2n) is 4.70. The summed E-state index contributed by atoms with van der Waals surface area (Å²) in [7, 11) is 0. The first-order valence-electron chi connectivity index (χ1n) is 6.39. The van der Waals surface area contributed by atoms with Crippen LogP contribution in [0.25, 0.3) is 0 Å². The molecule has 0 radical (unpaired) electrons. The Balaban J connectivity index is 2.16. The number of carbonyl (C=O) groups excluding carboxylic acids is 1. The quantitative estimate of drug-likeness (QED) is 0.301. The van der Waals surface area contributed by atoms with E-state index in [4.69, 9.17) is 9.47 Å². The Bertz CT molecular complexity index is 280. The van der Waals surface area contributed by atoms with Gasteiger partial charge in [0.2, 0.25) is 0 Å². The van der Waals surface area contributed by atoms with Crippen LogP contribution in [0.2, 0.25) is 0 Å². The molecule has 0 bridgehead atoms.